The van der Waals surface area contributed by atoms with E-state index in [1.807, 2.05) is 18.2 Å². The number of nitrogens with zero attached hydrogens (tertiary/aromatic N) is 2. The van der Waals surface area contributed by atoms with Crippen molar-refractivity contribution >= 4 is 32.4 Å². The van der Waals surface area contributed by atoms with E-state index in [4.69, 9.17) is 4.98 Å². The van der Waals surface area contributed by atoms with Gasteiger partial charge >= 0.3 is 0 Å². The van der Waals surface area contributed by atoms with Gasteiger partial charge in [0.1, 0.15) is 0 Å². The number of aromatic nitrogens is 2. The zero-order valence-electron chi connectivity index (χ0n) is 18.1. The maximum Gasteiger partial charge on any atom is 0.251 e. The molecule has 1 aliphatic rings. The van der Waals surface area contributed by atoms with Gasteiger partial charge in [-0.1, -0.05) is 46.7 Å². The zero-order valence-corrected chi connectivity index (χ0v) is 18.9. The molecule has 2 aromatic carbocycles. The van der Waals surface area contributed by atoms with E-state index in [-0.39, 0.29) is 5.91 Å². The number of allylic oxidation sites excluding steroid dienone is 1. The maximum atomic E-state index is 12.6. The molecule has 0 bridgehead atoms. The average molecular weight is 430 g/mol. The molecule has 5 heteroatoms. The lowest BCUT2D eigenvalue weighted by molar-refractivity contribution is 0.0954. The number of amides is 1. The van der Waals surface area contributed by atoms with E-state index < -0.39 is 0 Å². The van der Waals surface area contributed by atoms with E-state index in [9.17, 15) is 4.79 Å². The van der Waals surface area contributed by atoms with Gasteiger partial charge in [0.15, 0.2) is 4.96 Å². The lowest BCUT2D eigenvalue weighted by Gasteiger charge is -2.13. The van der Waals surface area contributed by atoms with Crippen LogP contribution in [0.4, 0.5) is 0 Å². The molecule has 0 saturated heterocycles. The van der Waals surface area contributed by atoms with Crippen LogP contribution in [-0.4, -0.2) is 21.8 Å². The van der Waals surface area contributed by atoms with E-state index in [1.54, 1.807) is 11.3 Å². The first-order valence-electron chi connectivity index (χ1n) is 11.0. The van der Waals surface area contributed by atoms with Crippen molar-refractivity contribution in [3.8, 4) is 11.3 Å². The van der Waals surface area contributed by atoms with E-state index in [0.717, 1.165) is 27.3 Å². The molecule has 1 amide bonds. The van der Waals surface area contributed by atoms with Crippen LogP contribution in [-0.2, 0) is 0 Å². The van der Waals surface area contributed by atoms with Crippen molar-refractivity contribution in [2.24, 2.45) is 0 Å². The number of carbonyl (C=O) groups is 1. The number of carbonyl (C=O) groups excluding carboxylic acids is 1. The predicted molar refractivity (Wildman–Crippen MR) is 129 cm³/mol. The van der Waals surface area contributed by atoms with Crippen LogP contribution in [0.25, 0.3) is 26.4 Å². The summed E-state index contributed by atoms with van der Waals surface area (Å²) >= 11 is 1.63. The van der Waals surface area contributed by atoms with Crippen molar-refractivity contribution in [3.05, 3.63) is 70.9 Å². The predicted octanol–water partition coefficient (Wildman–Crippen LogP) is 6.45. The molecule has 5 rings (SSSR count). The van der Waals surface area contributed by atoms with E-state index in [0.29, 0.717) is 12.1 Å². The highest BCUT2D eigenvalue weighted by Crippen LogP contribution is 2.31. The number of thiazole rings is 1. The first-order valence-corrected chi connectivity index (χ1v) is 11.9. The molecule has 4 aromatic rings. The number of imidazole rings is 1. The Morgan fingerprint density at radius 1 is 1.16 bits per heavy atom. The molecule has 0 unspecified atom stereocenters. The highest BCUT2D eigenvalue weighted by Gasteiger charge is 2.14. The van der Waals surface area contributed by atoms with Crippen LogP contribution >= 0.6 is 11.3 Å². The quantitative estimate of drug-likeness (QED) is 0.370. The fourth-order valence-corrected chi connectivity index (χ4v) is 5.49. The number of hydrogen-bond donors (Lipinski definition) is 1. The van der Waals surface area contributed by atoms with Gasteiger partial charge in [-0.05, 0) is 69.7 Å². The van der Waals surface area contributed by atoms with Crippen LogP contribution in [0.3, 0.4) is 0 Å². The number of hydrogen-bond acceptors (Lipinski definition) is 3. The van der Waals surface area contributed by atoms with Crippen molar-refractivity contribution in [3.63, 3.8) is 0 Å². The van der Waals surface area contributed by atoms with E-state index >= 15 is 0 Å². The lowest BCUT2D eigenvalue weighted by Crippen LogP contribution is -2.24. The molecule has 31 heavy (non-hydrogen) atoms. The van der Waals surface area contributed by atoms with Crippen LogP contribution < -0.4 is 5.32 Å². The van der Waals surface area contributed by atoms with Gasteiger partial charge in [0.2, 0.25) is 0 Å². The lowest BCUT2D eigenvalue weighted by atomic mass is 9.97. The molecule has 0 spiro atoms. The molecule has 4 nitrogen and oxygen atoms in total. The van der Waals surface area contributed by atoms with Gasteiger partial charge in [0, 0.05) is 23.9 Å². The number of aryl methyl sites for hydroxylation is 2. The minimum absolute atomic E-state index is 0.000295. The standard InChI is InChI=1S/C26H27N3OS/c1-17-8-10-21(18(2)14-17)22-16-29-23-11-9-20(15-24(23)31-26(29)28-22)25(30)27-13-12-19-6-4-3-5-7-19/h6,8-11,14-16H,3-5,7,12-13H2,1-2H3,(H,27,30). The molecule has 0 radical (unpaired) electrons. The summed E-state index contributed by atoms with van der Waals surface area (Å²) in [5, 5.41) is 3.08. The van der Waals surface area contributed by atoms with Crippen molar-refractivity contribution < 1.29 is 4.79 Å². The van der Waals surface area contributed by atoms with Gasteiger partial charge in [-0.25, -0.2) is 4.98 Å². The first-order chi connectivity index (χ1) is 15.1. The zero-order chi connectivity index (χ0) is 21.4. The Morgan fingerprint density at radius 3 is 2.87 bits per heavy atom. The molecule has 2 heterocycles. The van der Waals surface area contributed by atoms with Crippen molar-refractivity contribution in [1.29, 1.82) is 0 Å². The van der Waals surface area contributed by atoms with Gasteiger partial charge in [-0.3, -0.25) is 9.20 Å². The van der Waals surface area contributed by atoms with Crippen LogP contribution in [0.1, 0.15) is 53.6 Å². The van der Waals surface area contributed by atoms with Crippen LogP contribution in [0.2, 0.25) is 0 Å². The molecule has 0 aliphatic heterocycles. The van der Waals surface area contributed by atoms with Crippen LogP contribution in [0.5, 0.6) is 0 Å². The first kappa shape index (κ1) is 20.0. The fourth-order valence-electron chi connectivity index (χ4n) is 4.44. The molecule has 1 N–H and O–H groups in total. The Bertz CT molecular complexity index is 1310. The summed E-state index contributed by atoms with van der Waals surface area (Å²) in [6.45, 7) is 4.94. The summed E-state index contributed by atoms with van der Waals surface area (Å²) in [5.41, 5.74) is 7.94. The highest BCUT2D eigenvalue weighted by molar-refractivity contribution is 7.23. The third-order valence-corrected chi connectivity index (χ3v) is 7.15. The molecule has 158 valence electrons. The summed E-state index contributed by atoms with van der Waals surface area (Å²) in [7, 11) is 0. The Kier molecular flexibility index (Phi) is 5.36. The molecule has 0 fully saturated rings. The second-order valence-corrected chi connectivity index (χ2v) is 9.50. The van der Waals surface area contributed by atoms with Crippen molar-refractivity contribution in [2.75, 3.05) is 6.54 Å². The summed E-state index contributed by atoms with van der Waals surface area (Å²) in [5.74, 6) is 0.000295. The van der Waals surface area contributed by atoms with Crippen LogP contribution in [0.15, 0.2) is 54.2 Å². The Hall–Kier alpha value is -2.92. The van der Waals surface area contributed by atoms with Gasteiger partial charge in [-0.2, -0.15) is 0 Å². The van der Waals surface area contributed by atoms with Gasteiger partial charge in [0.25, 0.3) is 5.91 Å². The number of rotatable bonds is 5. The van der Waals surface area contributed by atoms with Gasteiger partial charge in [-0.15, -0.1) is 0 Å². The molecular formula is C26H27N3OS. The Labute approximate surface area is 186 Å². The van der Waals surface area contributed by atoms with Gasteiger partial charge < -0.3 is 5.32 Å². The summed E-state index contributed by atoms with van der Waals surface area (Å²) in [6.07, 6.45) is 10.3. The minimum atomic E-state index is 0.000295. The monoisotopic (exact) mass is 429 g/mol. The number of fused-ring (bicyclic) bond motifs is 3. The molecular weight excluding hydrogens is 402 g/mol. The Balaban J connectivity index is 1.35. The minimum Gasteiger partial charge on any atom is -0.352 e. The molecule has 1 aliphatic carbocycles. The second-order valence-electron chi connectivity index (χ2n) is 8.50. The molecule has 0 atom stereocenters. The Morgan fingerprint density at radius 2 is 2.06 bits per heavy atom. The maximum absolute atomic E-state index is 12.6. The topological polar surface area (TPSA) is 46.4 Å². The normalized spacial score (nSPS) is 14.2. The number of benzene rings is 2. The number of nitrogens with one attached hydrogen (secondary N) is 1. The average Bonchev–Trinajstić information content (AvgIpc) is 3.31. The van der Waals surface area contributed by atoms with Gasteiger partial charge in [0.05, 0.1) is 15.9 Å². The molecule has 2 aromatic heterocycles. The summed E-state index contributed by atoms with van der Waals surface area (Å²) in [6, 6.07) is 12.4. The van der Waals surface area contributed by atoms with Crippen molar-refractivity contribution in [1.82, 2.24) is 14.7 Å². The fraction of sp³-hybridized carbons (Fsp3) is 0.308. The highest BCUT2D eigenvalue weighted by atomic mass is 32.1. The van der Waals surface area contributed by atoms with E-state index in [2.05, 4.69) is 54.0 Å². The third kappa shape index (κ3) is 4.02. The van der Waals surface area contributed by atoms with Crippen molar-refractivity contribution in [2.45, 2.75) is 46.0 Å². The summed E-state index contributed by atoms with van der Waals surface area (Å²) in [4.78, 5) is 18.5. The third-order valence-electron chi connectivity index (χ3n) is 6.13. The second kappa shape index (κ2) is 8.31. The summed E-state index contributed by atoms with van der Waals surface area (Å²) < 4.78 is 3.21. The van der Waals surface area contributed by atoms with Crippen LogP contribution in [0, 0.1) is 13.8 Å². The largest absolute Gasteiger partial charge is 0.352 e. The van der Waals surface area contributed by atoms with E-state index in [1.165, 1.54) is 47.9 Å². The SMILES string of the molecule is Cc1ccc(-c2cn3c(n2)sc2cc(C(=O)NCCC4=CCCCC4)ccc23)c(C)c1. The molecule has 0 saturated carbocycles. The smallest absolute Gasteiger partial charge is 0.251 e.